The molecule has 0 bridgehead atoms. The molecule has 0 amide bonds. The molecule has 0 unspecified atom stereocenters. The molecule has 1 saturated heterocycles. The second kappa shape index (κ2) is 5.72. The topological polar surface area (TPSA) is 40.5 Å². The molecule has 7 heteroatoms. The minimum atomic E-state index is -4.41. The number of hydrogen-bond donors (Lipinski definition) is 1. The molecule has 0 aromatic heterocycles. The van der Waals surface area contributed by atoms with E-state index in [1.807, 2.05) is 6.92 Å². The van der Waals surface area contributed by atoms with Crippen LogP contribution in [-0.2, 0) is 4.79 Å². The smallest absolute Gasteiger partial charge is 0.393 e. The van der Waals surface area contributed by atoms with Gasteiger partial charge in [0.2, 0.25) is 0 Å². The van der Waals surface area contributed by atoms with Crippen molar-refractivity contribution in [3.63, 3.8) is 0 Å². The van der Waals surface area contributed by atoms with Gasteiger partial charge in [0, 0.05) is 13.1 Å². The normalized spacial score (nSPS) is 26.5. The molecule has 1 aliphatic rings. The Bertz CT molecular complexity index is 247. The highest BCUT2D eigenvalue weighted by Crippen LogP contribution is 2.37. The lowest BCUT2D eigenvalue weighted by atomic mass is 9.96. The summed E-state index contributed by atoms with van der Waals surface area (Å²) in [5.41, 5.74) is 0. The Labute approximate surface area is 98.0 Å². The molecule has 0 radical (unpaired) electrons. The Balaban J connectivity index is 0.00000225. The number of aliphatic carboxylic acids is 1. The van der Waals surface area contributed by atoms with Crippen LogP contribution in [0, 0.1) is 11.8 Å². The van der Waals surface area contributed by atoms with Crippen LogP contribution in [0.2, 0.25) is 0 Å². The Morgan fingerprint density at radius 2 is 2.00 bits per heavy atom. The molecule has 1 rings (SSSR count). The number of nitrogens with zero attached hydrogens (tertiary/aromatic N) is 1. The van der Waals surface area contributed by atoms with Crippen LogP contribution < -0.4 is 0 Å². The predicted molar refractivity (Wildman–Crippen MR) is 54.6 cm³/mol. The van der Waals surface area contributed by atoms with Crippen molar-refractivity contribution < 1.29 is 23.1 Å². The summed E-state index contributed by atoms with van der Waals surface area (Å²) in [6.07, 6.45) is -3.68. The van der Waals surface area contributed by atoms with Gasteiger partial charge in [-0.3, -0.25) is 4.79 Å². The van der Waals surface area contributed by atoms with E-state index < -0.39 is 24.0 Å². The highest BCUT2D eigenvalue weighted by molar-refractivity contribution is 5.85. The largest absolute Gasteiger partial charge is 0.481 e. The first-order valence-electron chi connectivity index (χ1n) is 4.88. The third-order valence-corrected chi connectivity index (χ3v) is 2.67. The van der Waals surface area contributed by atoms with Crippen LogP contribution in [0.1, 0.15) is 13.3 Å². The Morgan fingerprint density at radius 3 is 2.31 bits per heavy atom. The van der Waals surface area contributed by atoms with Crippen molar-refractivity contribution in [1.82, 2.24) is 4.90 Å². The number of carboxylic acids is 1. The van der Waals surface area contributed by atoms with Crippen molar-refractivity contribution in [2.75, 3.05) is 19.6 Å². The third kappa shape index (κ3) is 3.52. The molecule has 1 N–H and O–H groups in total. The Morgan fingerprint density at radius 1 is 1.44 bits per heavy atom. The molecule has 16 heavy (non-hydrogen) atoms. The molecule has 1 aliphatic heterocycles. The minimum Gasteiger partial charge on any atom is -0.481 e. The van der Waals surface area contributed by atoms with E-state index in [1.54, 1.807) is 4.90 Å². The Kier molecular flexibility index (Phi) is 5.55. The van der Waals surface area contributed by atoms with Crippen LogP contribution in [-0.4, -0.2) is 41.8 Å². The van der Waals surface area contributed by atoms with E-state index in [1.165, 1.54) is 0 Å². The number of likely N-dealkylation sites (tertiary alicyclic amines) is 1. The van der Waals surface area contributed by atoms with E-state index in [2.05, 4.69) is 0 Å². The number of carbonyl (C=O) groups is 1. The first-order chi connectivity index (χ1) is 6.86. The van der Waals surface area contributed by atoms with Gasteiger partial charge in [-0.05, 0) is 13.0 Å². The van der Waals surface area contributed by atoms with Gasteiger partial charge < -0.3 is 10.0 Å². The van der Waals surface area contributed by atoms with Crippen molar-refractivity contribution in [2.45, 2.75) is 19.5 Å². The van der Waals surface area contributed by atoms with Crippen LogP contribution >= 0.6 is 12.4 Å². The second-order valence-corrected chi connectivity index (χ2v) is 3.85. The van der Waals surface area contributed by atoms with Gasteiger partial charge in [0.1, 0.15) is 0 Å². The molecular weight excluding hydrogens is 247 g/mol. The number of halogens is 4. The van der Waals surface area contributed by atoms with Crippen molar-refractivity contribution in [2.24, 2.45) is 11.8 Å². The van der Waals surface area contributed by atoms with Gasteiger partial charge in [0.15, 0.2) is 0 Å². The van der Waals surface area contributed by atoms with Gasteiger partial charge in [-0.25, -0.2) is 0 Å². The van der Waals surface area contributed by atoms with E-state index in [9.17, 15) is 18.0 Å². The molecule has 0 aromatic carbocycles. The summed E-state index contributed by atoms with van der Waals surface area (Å²) in [4.78, 5) is 12.2. The van der Waals surface area contributed by atoms with E-state index in [-0.39, 0.29) is 25.5 Å². The van der Waals surface area contributed by atoms with Crippen molar-refractivity contribution in [3.05, 3.63) is 0 Å². The average molecular weight is 262 g/mol. The maximum atomic E-state index is 12.5. The van der Waals surface area contributed by atoms with Crippen LogP contribution in [0.25, 0.3) is 0 Å². The first kappa shape index (κ1) is 15.5. The van der Waals surface area contributed by atoms with Crippen molar-refractivity contribution in [3.8, 4) is 0 Å². The van der Waals surface area contributed by atoms with Gasteiger partial charge in [0.05, 0.1) is 11.8 Å². The van der Waals surface area contributed by atoms with Gasteiger partial charge in [-0.2, -0.15) is 13.2 Å². The quantitative estimate of drug-likeness (QED) is 0.845. The van der Waals surface area contributed by atoms with Crippen molar-refractivity contribution >= 4 is 18.4 Å². The van der Waals surface area contributed by atoms with Crippen LogP contribution in [0.4, 0.5) is 13.2 Å². The fourth-order valence-electron chi connectivity index (χ4n) is 1.97. The number of hydrogen-bond acceptors (Lipinski definition) is 2. The highest BCUT2D eigenvalue weighted by atomic mass is 35.5. The molecule has 1 heterocycles. The Hall–Kier alpha value is -0.490. The maximum Gasteiger partial charge on any atom is 0.393 e. The van der Waals surface area contributed by atoms with Gasteiger partial charge in [0.25, 0.3) is 0 Å². The third-order valence-electron chi connectivity index (χ3n) is 2.67. The molecule has 3 nitrogen and oxygen atoms in total. The summed E-state index contributed by atoms with van der Waals surface area (Å²) >= 11 is 0. The SMILES string of the molecule is CCCN1C[C@@H](C(F)(F)F)[C@H](C(=O)O)C1.Cl. The standard InChI is InChI=1S/C9H14F3NO2.ClH/c1-2-3-13-4-6(8(14)15)7(5-13)9(10,11)12;/h6-7H,2-5H2,1H3,(H,14,15);1H/t6-,7-;/m1./s1. The summed E-state index contributed by atoms with van der Waals surface area (Å²) in [7, 11) is 0. The van der Waals surface area contributed by atoms with E-state index in [4.69, 9.17) is 5.11 Å². The molecule has 0 spiro atoms. The fourth-order valence-corrected chi connectivity index (χ4v) is 1.97. The molecule has 0 aromatic rings. The summed E-state index contributed by atoms with van der Waals surface area (Å²) in [5.74, 6) is -4.38. The van der Waals surface area contributed by atoms with E-state index in [0.717, 1.165) is 6.42 Å². The van der Waals surface area contributed by atoms with Gasteiger partial charge >= 0.3 is 12.1 Å². The van der Waals surface area contributed by atoms with Gasteiger partial charge in [-0.15, -0.1) is 12.4 Å². The number of rotatable bonds is 3. The lowest BCUT2D eigenvalue weighted by molar-refractivity contribution is -0.188. The molecular formula is C9H15ClF3NO2. The van der Waals surface area contributed by atoms with Crippen molar-refractivity contribution in [1.29, 1.82) is 0 Å². The average Bonchev–Trinajstić information content (AvgIpc) is 2.48. The first-order valence-corrected chi connectivity index (χ1v) is 4.88. The zero-order valence-corrected chi connectivity index (χ0v) is 9.64. The monoisotopic (exact) mass is 261 g/mol. The van der Waals surface area contributed by atoms with Gasteiger partial charge in [-0.1, -0.05) is 6.92 Å². The number of carboxylic acid groups (broad SMARTS) is 1. The summed E-state index contributed by atoms with van der Waals surface area (Å²) in [6, 6.07) is 0. The minimum absolute atomic E-state index is 0. The lowest BCUT2D eigenvalue weighted by Gasteiger charge is -2.18. The zero-order valence-electron chi connectivity index (χ0n) is 8.83. The maximum absolute atomic E-state index is 12.5. The zero-order chi connectivity index (χ0) is 11.6. The van der Waals surface area contributed by atoms with Crippen LogP contribution in [0.3, 0.4) is 0 Å². The molecule has 0 aliphatic carbocycles. The van der Waals surface area contributed by atoms with E-state index >= 15 is 0 Å². The predicted octanol–water partition coefficient (Wildman–Crippen LogP) is 2.01. The molecule has 1 fully saturated rings. The summed E-state index contributed by atoms with van der Waals surface area (Å²) in [5, 5.41) is 8.71. The molecule has 2 atom stereocenters. The second-order valence-electron chi connectivity index (χ2n) is 3.85. The fraction of sp³-hybridized carbons (Fsp3) is 0.889. The molecule has 0 saturated carbocycles. The number of alkyl halides is 3. The molecule has 96 valence electrons. The highest BCUT2D eigenvalue weighted by Gasteiger charge is 2.52. The van der Waals surface area contributed by atoms with Crippen LogP contribution in [0.5, 0.6) is 0 Å². The lowest BCUT2D eigenvalue weighted by Crippen LogP contribution is -2.33. The van der Waals surface area contributed by atoms with Crippen LogP contribution in [0.15, 0.2) is 0 Å². The summed E-state index contributed by atoms with van der Waals surface area (Å²) < 4.78 is 37.5. The summed E-state index contributed by atoms with van der Waals surface area (Å²) in [6.45, 7) is 2.20. The van der Waals surface area contributed by atoms with E-state index in [0.29, 0.717) is 6.54 Å².